The summed E-state index contributed by atoms with van der Waals surface area (Å²) in [5.74, 6) is -8.60. The Morgan fingerprint density at radius 1 is 0.714 bits per heavy atom. The molecule has 0 heterocycles. The standard InChI is InChI=1S/C43H63F3N6O11/c1-24(2)18-29(37(59)47-28(23-53)22-43(44,45)46)51-41(63)36(42(4,5)6)52-40(62)31(20-27-15-11-10-12-25(27)3)50-38(60)30(19-26-13-8-7-9-14-26)49-39(61)32(21-35(57)58)48-33(54)16-17-34(55)56/h10-12,15,23-24,26,28-32,36H,7-9,13-14,16-22H2,1-6H3,(H,47,59)(H,48,54)(H,49,61)(H,50,60)(H,51,63)(H,52,62)(H,55,56)(H,57,58)/t28?,29-,30-,31-,32-,36+/m0/s1. The maximum Gasteiger partial charge on any atom is 0.391 e. The molecule has 17 nitrogen and oxygen atoms in total. The molecule has 1 saturated carbocycles. The minimum absolute atomic E-state index is 0.0423. The summed E-state index contributed by atoms with van der Waals surface area (Å²) in [5.41, 5.74) is 0.312. The van der Waals surface area contributed by atoms with E-state index in [1.165, 1.54) is 0 Å². The molecule has 8 N–H and O–H groups in total. The molecule has 0 bridgehead atoms. The van der Waals surface area contributed by atoms with Crippen LogP contribution in [0.1, 0.15) is 116 Å². The second-order valence-electron chi connectivity index (χ2n) is 17.7. The van der Waals surface area contributed by atoms with Gasteiger partial charge in [-0.1, -0.05) is 91.0 Å². The van der Waals surface area contributed by atoms with Crippen LogP contribution >= 0.6 is 0 Å². The molecule has 352 valence electrons. The lowest BCUT2D eigenvalue weighted by Gasteiger charge is -2.34. The molecule has 20 heteroatoms. The van der Waals surface area contributed by atoms with Gasteiger partial charge in [0.1, 0.15) is 36.5 Å². The molecule has 6 amide bonds. The zero-order valence-electron chi connectivity index (χ0n) is 36.7. The molecule has 2 rings (SSSR count). The molecule has 1 aliphatic rings. The summed E-state index contributed by atoms with van der Waals surface area (Å²) in [4.78, 5) is 116. The van der Waals surface area contributed by atoms with Crippen LogP contribution in [-0.2, 0) is 49.6 Å². The number of rotatable bonds is 24. The number of carbonyl (C=O) groups excluding carboxylic acids is 7. The number of hydrogen-bond acceptors (Lipinski definition) is 9. The van der Waals surface area contributed by atoms with E-state index in [-0.39, 0.29) is 37.4 Å². The van der Waals surface area contributed by atoms with Crippen molar-refractivity contribution in [2.75, 3.05) is 0 Å². The van der Waals surface area contributed by atoms with E-state index in [9.17, 15) is 61.4 Å². The van der Waals surface area contributed by atoms with Gasteiger partial charge in [-0.15, -0.1) is 0 Å². The van der Waals surface area contributed by atoms with Gasteiger partial charge in [0, 0.05) is 12.8 Å². The molecule has 0 aliphatic heterocycles. The molecule has 0 radical (unpaired) electrons. The van der Waals surface area contributed by atoms with Crippen molar-refractivity contribution in [2.24, 2.45) is 17.3 Å². The number of benzene rings is 1. The van der Waals surface area contributed by atoms with Crippen LogP contribution in [-0.4, -0.2) is 106 Å². The van der Waals surface area contributed by atoms with E-state index in [1.807, 2.05) is 5.32 Å². The number of halogens is 3. The number of hydrogen-bond donors (Lipinski definition) is 8. The molecule has 1 unspecified atom stereocenters. The van der Waals surface area contributed by atoms with Crippen LogP contribution in [0.5, 0.6) is 0 Å². The Morgan fingerprint density at radius 3 is 1.81 bits per heavy atom. The Labute approximate surface area is 365 Å². The molecule has 1 aromatic carbocycles. The van der Waals surface area contributed by atoms with Crippen molar-refractivity contribution in [2.45, 2.75) is 161 Å². The highest BCUT2D eigenvalue weighted by atomic mass is 19.4. The maximum absolute atomic E-state index is 14.4. The van der Waals surface area contributed by atoms with Gasteiger partial charge < -0.3 is 46.9 Å². The van der Waals surface area contributed by atoms with Crippen molar-refractivity contribution in [1.82, 2.24) is 31.9 Å². The lowest BCUT2D eigenvalue weighted by Crippen LogP contribution is -2.62. The van der Waals surface area contributed by atoms with Crippen molar-refractivity contribution in [3.63, 3.8) is 0 Å². The van der Waals surface area contributed by atoms with Gasteiger partial charge in [-0.2, -0.15) is 13.2 Å². The molecule has 1 aliphatic carbocycles. The van der Waals surface area contributed by atoms with Gasteiger partial charge in [-0.05, 0) is 48.1 Å². The third-order valence-corrected chi connectivity index (χ3v) is 10.5. The second-order valence-corrected chi connectivity index (χ2v) is 17.7. The van der Waals surface area contributed by atoms with E-state index in [0.29, 0.717) is 18.4 Å². The van der Waals surface area contributed by atoms with Crippen molar-refractivity contribution in [3.8, 4) is 0 Å². The summed E-state index contributed by atoms with van der Waals surface area (Å²) in [6.07, 6.45) is -4.42. The van der Waals surface area contributed by atoms with Crippen LogP contribution < -0.4 is 31.9 Å². The Hall–Kier alpha value is -5.56. The van der Waals surface area contributed by atoms with Crippen molar-refractivity contribution >= 4 is 53.7 Å². The fourth-order valence-corrected chi connectivity index (χ4v) is 7.21. The number of aldehydes is 1. The lowest BCUT2D eigenvalue weighted by molar-refractivity contribution is -0.147. The number of carboxylic acids is 2. The number of aryl methyl sites for hydroxylation is 1. The summed E-state index contributed by atoms with van der Waals surface area (Å²) in [7, 11) is 0. The molecule has 0 aromatic heterocycles. The monoisotopic (exact) mass is 896 g/mol. The maximum atomic E-state index is 14.4. The first-order valence-corrected chi connectivity index (χ1v) is 21.1. The summed E-state index contributed by atoms with van der Waals surface area (Å²) in [5, 5.41) is 33.2. The van der Waals surface area contributed by atoms with Crippen LogP contribution in [0, 0.1) is 24.2 Å². The van der Waals surface area contributed by atoms with Crippen LogP contribution in [0.3, 0.4) is 0 Å². The number of nitrogens with one attached hydrogen (secondary N) is 6. The highest BCUT2D eigenvalue weighted by Gasteiger charge is 2.39. The number of carboxylic acid groups (broad SMARTS) is 2. The van der Waals surface area contributed by atoms with Gasteiger partial charge in [0.25, 0.3) is 0 Å². The Kier molecular flexibility index (Phi) is 21.2. The predicted octanol–water partition coefficient (Wildman–Crippen LogP) is 3.00. The first-order valence-electron chi connectivity index (χ1n) is 21.1. The first kappa shape index (κ1) is 53.6. The fourth-order valence-electron chi connectivity index (χ4n) is 7.21. The zero-order chi connectivity index (χ0) is 47.7. The van der Waals surface area contributed by atoms with E-state index < -0.39 is 121 Å². The Balaban J connectivity index is 2.50. The minimum atomic E-state index is -4.77. The van der Waals surface area contributed by atoms with E-state index in [2.05, 4.69) is 26.6 Å². The SMILES string of the molecule is Cc1ccccc1C[C@H](NC(=O)[C@H](CC1CCCCC1)NC(=O)[C@H](CC(=O)O)NC(=O)CCC(=O)O)C(=O)N[C@H](C(=O)N[C@@H](CC(C)C)C(=O)NC(C=O)CC(F)(F)F)C(C)(C)C. The van der Waals surface area contributed by atoms with Gasteiger partial charge in [-0.25, -0.2) is 0 Å². The van der Waals surface area contributed by atoms with Crippen LogP contribution in [0.15, 0.2) is 24.3 Å². The van der Waals surface area contributed by atoms with Gasteiger partial charge in [0.05, 0.1) is 25.3 Å². The molecular weight excluding hydrogens is 833 g/mol. The van der Waals surface area contributed by atoms with Crippen molar-refractivity contribution in [1.29, 1.82) is 0 Å². The average Bonchev–Trinajstić information content (AvgIpc) is 3.17. The lowest BCUT2D eigenvalue weighted by atomic mass is 9.84. The van der Waals surface area contributed by atoms with Crippen LogP contribution in [0.25, 0.3) is 0 Å². The molecule has 1 aromatic rings. The topological polar surface area (TPSA) is 266 Å². The highest BCUT2D eigenvalue weighted by molar-refractivity contribution is 5.97. The summed E-state index contributed by atoms with van der Waals surface area (Å²) < 4.78 is 39.2. The quantitative estimate of drug-likeness (QED) is 0.0700. The first-order chi connectivity index (χ1) is 29.3. The van der Waals surface area contributed by atoms with Gasteiger partial charge >= 0.3 is 18.1 Å². The van der Waals surface area contributed by atoms with E-state index >= 15 is 0 Å². The van der Waals surface area contributed by atoms with Crippen molar-refractivity contribution in [3.05, 3.63) is 35.4 Å². The number of aliphatic carboxylic acids is 2. The normalized spacial score (nSPS) is 16.2. The molecular formula is C43H63F3N6O11. The van der Waals surface area contributed by atoms with Gasteiger partial charge in [0.2, 0.25) is 35.4 Å². The van der Waals surface area contributed by atoms with Crippen LogP contribution in [0.4, 0.5) is 13.2 Å². The fraction of sp³-hybridized carbons (Fsp3) is 0.651. The molecule has 0 spiro atoms. The third kappa shape index (κ3) is 20.0. The van der Waals surface area contributed by atoms with E-state index in [0.717, 1.165) is 24.8 Å². The molecule has 0 saturated heterocycles. The number of amides is 6. The minimum Gasteiger partial charge on any atom is -0.481 e. The largest absolute Gasteiger partial charge is 0.481 e. The summed E-state index contributed by atoms with van der Waals surface area (Å²) in [6, 6.07) is -2.17. The molecule has 1 fully saturated rings. The average molecular weight is 897 g/mol. The van der Waals surface area contributed by atoms with E-state index in [4.69, 9.17) is 5.11 Å². The smallest absolute Gasteiger partial charge is 0.391 e. The molecule has 63 heavy (non-hydrogen) atoms. The number of alkyl halides is 3. The summed E-state index contributed by atoms with van der Waals surface area (Å²) in [6.45, 7) is 10.0. The Bertz CT molecular complexity index is 1780. The highest BCUT2D eigenvalue weighted by Crippen LogP contribution is 2.28. The second kappa shape index (κ2) is 24.9. The van der Waals surface area contributed by atoms with Crippen LogP contribution in [0.2, 0.25) is 0 Å². The van der Waals surface area contributed by atoms with Gasteiger partial charge in [-0.3, -0.25) is 38.4 Å². The van der Waals surface area contributed by atoms with Gasteiger partial charge in [0.15, 0.2) is 0 Å². The molecule has 6 atom stereocenters. The third-order valence-electron chi connectivity index (χ3n) is 10.5. The predicted molar refractivity (Wildman–Crippen MR) is 222 cm³/mol. The van der Waals surface area contributed by atoms with E-state index in [1.54, 1.807) is 65.8 Å². The summed E-state index contributed by atoms with van der Waals surface area (Å²) >= 11 is 0. The van der Waals surface area contributed by atoms with Crippen molar-refractivity contribution < 1.29 is 66.5 Å². The Morgan fingerprint density at radius 2 is 1.27 bits per heavy atom. The zero-order valence-corrected chi connectivity index (χ0v) is 36.7. The number of carbonyl (C=O) groups is 9.